The zero-order chi connectivity index (χ0) is 12.8. The molecule has 0 aromatic heterocycles. The highest BCUT2D eigenvalue weighted by Crippen LogP contribution is 2.21. The monoisotopic (exact) mass is 251 g/mol. The second-order valence-corrected chi connectivity index (χ2v) is 4.08. The van der Waals surface area contributed by atoms with Crippen molar-refractivity contribution in [1.82, 2.24) is 5.32 Å². The van der Waals surface area contributed by atoms with Gasteiger partial charge in [0.25, 0.3) is 5.91 Å². The summed E-state index contributed by atoms with van der Waals surface area (Å²) in [6, 6.07) is 4.01. The first kappa shape index (κ1) is 13.4. The number of nitrogens with one attached hydrogen (secondary N) is 1. The molecule has 1 rings (SSSR count). The molecule has 0 heterocycles. The summed E-state index contributed by atoms with van der Waals surface area (Å²) in [5.41, 5.74) is 0.172. The number of carbonyl (C=O) groups is 1. The van der Waals surface area contributed by atoms with Crippen molar-refractivity contribution in [3.8, 4) is 18.1 Å². The van der Waals surface area contributed by atoms with E-state index < -0.39 is 5.91 Å². The number of hydrogen-bond acceptors (Lipinski definition) is 2. The molecular formula is C13H14ClNO2. The maximum atomic E-state index is 11.8. The number of phenols is 1. The van der Waals surface area contributed by atoms with Crippen molar-refractivity contribution >= 4 is 17.5 Å². The van der Waals surface area contributed by atoms with Crippen LogP contribution in [0.5, 0.6) is 5.75 Å². The summed E-state index contributed by atoms with van der Waals surface area (Å²) in [4.78, 5) is 11.8. The van der Waals surface area contributed by atoms with Gasteiger partial charge in [-0.25, -0.2) is 0 Å². The van der Waals surface area contributed by atoms with Crippen molar-refractivity contribution in [1.29, 1.82) is 0 Å². The fourth-order valence-electron chi connectivity index (χ4n) is 1.42. The lowest BCUT2D eigenvalue weighted by atomic mass is 10.1. The van der Waals surface area contributed by atoms with Gasteiger partial charge in [-0.3, -0.25) is 4.79 Å². The number of halogens is 1. The van der Waals surface area contributed by atoms with E-state index in [9.17, 15) is 9.90 Å². The molecule has 0 bridgehead atoms. The van der Waals surface area contributed by atoms with E-state index in [0.717, 1.165) is 6.42 Å². The molecule has 0 aliphatic rings. The van der Waals surface area contributed by atoms with Crippen LogP contribution in [0.4, 0.5) is 0 Å². The quantitative estimate of drug-likeness (QED) is 0.808. The molecule has 90 valence electrons. The molecule has 2 N–H and O–H groups in total. The minimum atomic E-state index is -0.393. The summed E-state index contributed by atoms with van der Waals surface area (Å²) in [5.74, 6) is 1.95. The Morgan fingerprint density at radius 1 is 1.65 bits per heavy atom. The zero-order valence-electron chi connectivity index (χ0n) is 9.53. The third-order valence-electron chi connectivity index (χ3n) is 2.29. The van der Waals surface area contributed by atoms with Crippen LogP contribution in [-0.4, -0.2) is 17.1 Å². The van der Waals surface area contributed by atoms with Crippen molar-refractivity contribution < 1.29 is 9.90 Å². The molecule has 4 heteroatoms. The fraction of sp³-hybridized carbons (Fsp3) is 0.308. The number of phenolic OH excluding ortho intramolecular Hbond substituents is 1. The number of hydrogen-bond donors (Lipinski definition) is 2. The summed E-state index contributed by atoms with van der Waals surface area (Å²) < 4.78 is 0. The first-order chi connectivity index (χ1) is 8.08. The van der Waals surface area contributed by atoms with Gasteiger partial charge in [0, 0.05) is 5.02 Å². The van der Waals surface area contributed by atoms with E-state index in [-0.39, 0.29) is 17.4 Å². The lowest BCUT2D eigenvalue weighted by Gasteiger charge is -2.12. The highest BCUT2D eigenvalue weighted by molar-refractivity contribution is 6.30. The summed E-state index contributed by atoms with van der Waals surface area (Å²) in [7, 11) is 0. The van der Waals surface area contributed by atoms with Gasteiger partial charge in [0.05, 0.1) is 11.6 Å². The van der Waals surface area contributed by atoms with Gasteiger partial charge in [0.1, 0.15) is 5.75 Å². The van der Waals surface area contributed by atoms with Gasteiger partial charge in [-0.2, -0.15) is 0 Å². The molecule has 17 heavy (non-hydrogen) atoms. The number of amides is 1. The standard InChI is InChI=1S/C13H14ClNO2/c1-3-5-10(4-2)15-13(17)11-7-6-9(14)8-12(11)16/h2,6-8,10,16H,3,5H2,1H3,(H,15,17). The van der Waals surface area contributed by atoms with E-state index in [1.165, 1.54) is 12.1 Å². The van der Waals surface area contributed by atoms with Crippen molar-refractivity contribution in [2.75, 3.05) is 0 Å². The van der Waals surface area contributed by atoms with Crippen LogP contribution in [0.15, 0.2) is 18.2 Å². The molecule has 1 atom stereocenters. The van der Waals surface area contributed by atoms with Crippen molar-refractivity contribution in [2.45, 2.75) is 25.8 Å². The largest absolute Gasteiger partial charge is 0.507 e. The second-order valence-electron chi connectivity index (χ2n) is 3.64. The molecule has 3 nitrogen and oxygen atoms in total. The van der Waals surface area contributed by atoms with E-state index in [2.05, 4.69) is 11.2 Å². The Hall–Kier alpha value is -1.66. The molecule has 0 saturated heterocycles. The molecule has 0 fully saturated rings. The van der Waals surface area contributed by atoms with Crippen LogP contribution in [0.1, 0.15) is 30.1 Å². The Morgan fingerprint density at radius 2 is 2.35 bits per heavy atom. The Morgan fingerprint density at radius 3 is 2.88 bits per heavy atom. The van der Waals surface area contributed by atoms with Crippen LogP contribution in [0, 0.1) is 12.3 Å². The third-order valence-corrected chi connectivity index (χ3v) is 2.52. The van der Waals surface area contributed by atoms with E-state index in [1.807, 2.05) is 6.92 Å². The summed E-state index contributed by atoms with van der Waals surface area (Å²) >= 11 is 5.68. The van der Waals surface area contributed by atoms with Crippen LogP contribution in [0.3, 0.4) is 0 Å². The average molecular weight is 252 g/mol. The van der Waals surface area contributed by atoms with Crippen LogP contribution >= 0.6 is 11.6 Å². The van der Waals surface area contributed by atoms with Gasteiger partial charge in [0.2, 0.25) is 0 Å². The van der Waals surface area contributed by atoms with E-state index in [1.54, 1.807) is 6.07 Å². The van der Waals surface area contributed by atoms with Crippen LogP contribution in [0.25, 0.3) is 0 Å². The van der Waals surface area contributed by atoms with E-state index >= 15 is 0 Å². The van der Waals surface area contributed by atoms with Crippen molar-refractivity contribution in [2.24, 2.45) is 0 Å². The number of terminal acetylenes is 1. The fourth-order valence-corrected chi connectivity index (χ4v) is 1.58. The molecule has 1 aromatic carbocycles. The number of rotatable bonds is 4. The first-order valence-electron chi connectivity index (χ1n) is 5.34. The van der Waals surface area contributed by atoms with Crippen molar-refractivity contribution in [3.05, 3.63) is 28.8 Å². The lowest BCUT2D eigenvalue weighted by molar-refractivity contribution is 0.0941. The minimum Gasteiger partial charge on any atom is -0.507 e. The molecule has 0 radical (unpaired) electrons. The summed E-state index contributed by atoms with van der Waals surface area (Å²) in [5, 5.41) is 12.6. The molecule has 0 aliphatic carbocycles. The SMILES string of the molecule is C#CC(CCC)NC(=O)c1ccc(Cl)cc1O. The average Bonchev–Trinajstić information content (AvgIpc) is 2.28. The Balaban J connectivity index is 2.79. The predicted molar refractivity (Wildman–Crippen MR) is 68.1 cm³/mol. The minimum absolute atomic E-state index is 0.151. The van der Waals surface area contributed by atoms with Crippen molar-refractivity contribution in [3.63, 3.8) is 0 Å². The smallest absolute Gasteiger partial charge is 0.256 e. The lowest BCUT2D eigenvalue weighted by Crippen LogP contribution is -2.33. The second kappa shape index (κ2) is 6.17. The summed E-state index contributed by atoms with van der Waals surface area (Å²) in [6.07, 6.45) is 6.88. The van der Waals surface area contributed by atoms with Gasteiger partial charge in [-0.05, 0) is 24.6 Å². The maximum absolute atomic E-state index is 11.8. The van der Waals surface area contributed by atoms with Crippen LogP contribution in [0.2, 0.25) is 5.02 Å². The highest BCUT2D eigenvalue weighted by atomic mass is 35.5. The van der Waals surface area contributed by atoms with Gasteiger partial charge in [-0.1, -0.05) is 30.9 Å². The van der Waals surface area contributed by atoms with Gasteiger partial charge < -0.3 is 10.4 Å². The predicted octanol–water partition coefficient (Wildman–Crippen LogP) is 2.58. The topological polar surface area (TPSA) is 49.3 Å². The summed E-state index contributed by atoms with van der Waals surface area (Å²) in [6.45, 7) is 1.98. The van der Waals surface area contributed by atoms with Crippen LogP contribution in [-0.2, 0) is 0 Å². The Kier molecular flexibility index (Phi) is 4.86. The number of aromatic hydroxyl groups is 1. The molecule has 0 aliphatic heterocycles. The molecule has 0 saturated carbocycles. The van der Waals surface area contributed by atoms with Gasteiger partial charge >= 0.3 is 0 Å². The Labute approximate surface area is 106 Å². The van der Waals surface area contributed by atoms with E-state index in [4.69, 9.17) is 18.0 Å². The molecule has 0 spiro atoms. The molecular weight excluding hydrogens is 238 g/mol. The molecule has 1 aromatic rings. The molecule has 1 unspecified atom stereocenters. The normalized spacial score (nSPS) is 11.6. The number of carbonyl (C=O) groups excluding carboxylic acids is 1. The van der Waals surface area contributed by atoms with Crippen LogP contribution < -0.4 is 5.32 Å². The van der Waals surface area contributed by atoms with Gasteiger partial charge in [-0.15, -0.1) is 6.42 Å². The third kappa shape index (κ3) is 3.69. The molecule has 1 amide bonds. The zero-order valence-corrected chi connectivity index (χ0v) is 10.3. The highest BCUT2D eigenvalue weighted by Gasteiger charge is 2.14. The Bertz CT molecular complexity index is 451. The van der Waals surface area contributed by atoms with E-state index in [0.29, 0.717) is 11.4 Å². The van der Waals surface area contributed by atoms with Gasteiger partial charge in [0.15, 0.2) is 0 Å². The maximum Gasteiger partial charge on any atom is 0.256 e. The number of benzene rings is 1. The first-order valence-corrected chi connectivity index (χ1v) is 5.71.